The van der Waals surface area contributed by atoms with Crippen LogP contribution in [0.15, 0.2) is 36.7 Å². The first-order chi connectivity index (χ1) is 13.4. The van der Waals surface area contributed by atoms with E-state index in [1.165, 1.54) is 0 Å². The summed E-state index contributed by atoms with van der Waals surface area (Å²) in [5.41, 5.74) is 2.35. The standard InChI is InChI=1S/C18H20N6O3S/c1-13-5-6-19-18(20-13)22-17(25)16-21-14(15-4-2-3-7-24(15)16)12-23-8-10-28(26,27)11-9-23/h2-7H,8-12H2,1H3,(H,19,20,22,25)/p+1. The number of rotatable bonds is 4. The number of aromatic nitrogens is 4. The molecule has 1 fully saturated rings. The number of nitrogens with one attached hydrogen (secondary N) is 2. The largest absolute Gasteiger partial charge is 0.328 e. The van der Waals surface area contributed by atoms with E-state index in [9.17, 15) is 13.2 Å². The van der Waals surface area contributed by atoms with Crippen molar-refractivity contribution in [1.82, 2.24) is 19.4 Å². The lowest BCUT2D eigenvalue weighted by Gasteiger charge is -2.22. The third-order valence-corrected chi connectivity index (χ3v) is 6.45. The van der Waals surface area contributed by atoms with Crippen molar-refractivity contribution in [2.24, 2.45) is 0 Å². The van der Waals surface area contributed by atoms with E-state index in [1.807, 2.05) is 25.1 Å². The molecule has 0 radical (unpaired) electrons. The molecule has 4 rings (SSSR count). The molecule has 0 atom stereocenters. The molecule has 28 heavy (non-hydrogen) atoms. The van der Waals surface area contributed by atoms with Crippen molar-refractivity contribution in [2.75, 3.05) is 29.9 Å². The quantitative estimate of drug-likeness (QED) is 0.610. The van der Waals surface area contributed by atoms with Gasteiger partial charge in [-0.15, -0.1) is 0 Å². The second kappa shape index (κ2) is 7.28. The Kier molecular flexibility index (Phi) is 4.82. The predicted molar refractivity (Wildman–Crippen MR) is 103 cm³/mol. The molecule has 3 aromatic rings. The van der Waals surface area contributed by atoms with Crippen LogP contribution in [0.1, 0.15) is 22.0 Å². The number of hydrogen-bond donors (Lipinski definition) is 2. The fourth-order valence-electron chi connectivity index (χ4n) is 3.30. The molecule has 0 bridgehead atoms. The van der Waals surface area contributed by atoms with E-state index < -0.39 is 15.7 Å². The maximum Gasteiger partial charge on any atom is 0.294 e. The summed E-state index contributed by atoms with van der Waals surface area (Å²) in [4.78, 5) is 26.7. The lowest BCUT2D eigenvalue weighted by Crippen LogP contribution is -3.13. The third-order valence-electron chi connectivity index (χ3n) is 4.80. The van der Waals surface area contributed by atoms with Gasteiger partial charge in [-0.3, -0.25) is 14.5 Å². The van der Waals surface area contributed by atoms with Crippen LogP contribution in [0.4, 0.5) is 5.95 Å². The molecular formula is C18H21N6O3S+. The van der Waals surface area contributed by atoms with Crippen molar-refractivity contribution in [3.63, 3.8) is 0 Å². The van der Waals surface area contributed by atoms with Gasteiger partial charge in [0.15, 0.2) is 9.84 Å². The number of carbonyl (C=O) groups excluding carboxylic acids is 1. The summed E-state index contributed by atoms with van der Waals surface area (Å²) in [7, 11) is -2.92. The second-order valence-electron chi connectivity index (χ2n) is 6.89. The number of pyridine rings is 1. The Hall–Kier alpha value is -2.85. The van der Waals surface area contributed by atoms with E-state index in [0.717, 1.165) is 21.8 Å². The molecule has 1 amide bonds. The summed E-state index contributed by atoms with van der Waals surface area (Å²) in [6, 6.07) is 7.38. The van der Waals surface area contributed by atoms with E-state index in [1.54, 1.807) is 22.9 Å². The fourth-order valence-corrected chi connectivity index (χ4v) is 4.70. The summed E-state index contributed by atoms with van der Waals surface area (Å²) < 4.78 is 25.0. The minimum atomic E-state index is -2.92. The molecule has 0 unspecified atom stereocenters. The van der Waals surface area contributed by atoms with Crippen molar-refractivity contribution in [3.8, 4) is 0 Å². The Morgan fingerprint density at radius 3 is 2.75 bits per heavy atom. The van der Waals surface area contributed by atoms with E-state index in [4.69, 9.17) is 0 Å². The lowest BCUT2D eigenvalue weighted by molar-refractivity contribution is -0.910. The van der Waals surface area contributed by atoms with Crippen LogP contribution < -0.4 is 10.2 Å². The van der Waals surface area contributed by atoms with Gasteiger partial charge in [0, 0.05) is 18.1 Å². The number of anilines is 1. The van der Waals surface area contributed by atoms with E-state index in [0.29, 0.717) is 19.6 Å². The highest BCUT2D eigenvalue weighted by Crippen LogP contribution is 2.14. The van der Waals surface area contributed by atoms with Crippen LogP contribution in [0.25, 0.3) is 5.52 Å². The van der Waals surface area contributed by atoms with Crippen molar-refractivity contribution >= 4 is 27.2 Å². The lowest BCUT2D eigenvalue weighted by atomic mass is 10.3. The summed E-state index contributed by atoms with van der Waals surface area (Å²) >= 11 is 0. The molecule has 2 N–H and O–H groups in total. The van der Waals surface area contributed by atoms with Gasteiger partial charge >= 0.3 is 0 Å². The van der Waals surface area contributed by atoms with Gasteiger partial charge in [-0.25, -0.2) is 23.4 Å². The molecule has 0 spiro atoms. The number of quaternary nitrogens is 1. The number of nitrogens with zero attached hydrogens (tertiary/aromatic N) is 4. The molecule has 4 heterocycles. The number of hydrogen-bond acceptors (Lipinski definition) is 6. The third kappa shape index (κ3) is 3.87. The maximum atomic E-state index is 12.8. The molecule has 146 valence electrons. The number of carbonyl (C=O) groups is 1. The minimum absolute atomic E-state index is 0.187. The highest BCUT2D eigenvalue weighted by Gasteiger charge is 2.27. The molecule has 0 aromatic carbocycles. The first kappa shape index (κ1) is 18.5. The van der Waals surface area contributed by atoms with Crippen LogP contribution in [0.5, 0.6) is 0 Å². The average molecular weight is 401 g/mol. The molecular weight excluding hydrogens is 380 g/mol. The van der Waals surface area contributed by atoms with E-state index in [2.05, 4.69) is 20.3 Å². The van der Waals surface area contributed by atoms with Gasteiger partial charge in [-0.2, -0.15) is 0 Å². The van der Waals surface area contributed by atoms with Gasteiger partial charge in [-0.1, -0.05) is 6.07 Å². The van der Waals surface area contributed by atoms with Crippen LogP contribution in [0.3, 0.4) is 0 Å². The van der Waals surface area contributed by atoms with Crippen LogP contribution in [0, 0.1) is 6.92 Å². The van der Waals surface area contributed by atoms with E-state index in [-0.39, 0.29) is 23.3 Å². The monoisotopic (exact) mass is 401 g/mol. The molecule has 0 aliphatic carbocycles. The minimum Gasteiger partial charge on any atom is -0.328 e. The first-order valence-electron chi connectivity index (χ1n) is 9.02. The Morgan fingerprint density at radius 1 is 1.21 bits per heavy atom. The predicted octanol–water partition coefficient (Wildman–Crippen LogP) is -0.502. The van der Waals surface area contributed by atoms with Crippen molar-refractivity contribution in [1.29, 1.82) is 0 Å². The number of fused-ring (bicyclic) bond motifs is 1. The van der Waals surface area contributed by atoms with Crippen LogP contribution >= 0.6 is 0 Å². The van der Waals surface area contributed by atoms with Crippen LogP contribution in [-0.4, -0.2) is 58.3 Å². The summed E-state index contributed by atoms with van der Waals surface area (Å²) in [5, 5.41) is 2.69. The topological polar surface area (TPSA) is 111 Å². The summed E-state index contributed by atoms with van der Waals surface area (Å²) in [6.07, 6.45) is 3.37. The van der Waals surface area contributed by atoms with E-state index >= 15 is 0 Å². The fraction of sp³-hybridized carbons (Fsp3) is 0.333. The molecule has 3 aromatic heterocycles. The second-order valence-corrected chi connectivity index (χ2v) is 9.20. The van der Waals surface area contributed by atoms with Crippen molar-refractivity contribution in [2.45, 2.75) is 13.5 Å². The summed E-state index contributed by atoms with van der Waals surface area (Å²) in [5.74, 6) is 0.457. The van der Waals surface area contributed by atoms with Crippen molar-refractivity contribution < 1.29 is 18.1 Å². The van der Waals surface area contributed by atoms with Gasteiger partial charge in [0.2, 0.25) is 11.8 Å². The number of imidazole rings is 1. The smallest absolute Gasteiger partial charge is 0.294 e. The Labute approximate surface area is 162 Å². The van der Waals surface area contributed by atoms with Gasteiger partial charge in [0.1, 0.15) is 12.2 Å². The molecule has 1 saturated heterocycles. The number of amides is 1. The SMILES string of the molecule is Cc1ccnc(NC(=O)c2nc(C[NH+]3CCS(=O)(=O)CC3)c3ccccn23)n1. The average Bonchev–Trinajstić information content (AvgIpc) is 3.02. The number of sulfone groups is 1. The zero-order chi connectivity index (χ0) is 19.7. The van der Waals surface area contributed by atoms with Crippen molar-refractivity contribution in [3.05, 3.63) is 53.9 Å². The Bertz CT molecular complexity index is 1130. The van der Waals surface area contributed by atoms with Crippen LogP contribution in [0.2, 0.25) is 0 Å². The van der Waals surface area contributed by atoms with Gasteiger partial charge in [0.25, 0.3) is 5.91 Å². The molecule has 9 nitrogen and oxygen atoms in total. The highest BCUT2D eigenvalue weighted by molar-refractivity contribution is 7.91. The maximum absolute atomic E-state index is 12.8. The zero-order valence-electron chi connectivity index (χ0n) is 15.4. The van der Waals surface area contributed by atoms with Crippen LogP contribution in [-0.2, 0) is 16.4 Å². The Morgan fingerprint density at radius 2 is 2.00 bits per heavy atom. The molecule has 1 aliphatic heterocycles. The summed E-state index contributed by atoms with van der Waals surface area (Å²) in [6.45, 7) is 3.49. The first-order valence-corrected chi connectivity index (χ1v) is 10.8. The van der Waals surface area contributed by atoms with Gasteiger partial charge < -0.3 is 4.90 Å². The molecule has 10 heteroatoms. The molecule has 0 saturated carbocycles. The normalized spacial score (nSPS) is 16.9. The van der Waals surface area contributed by atoms with Gasteiger partial charge in [0.05, 0.1) is 30.1 Å². The molecule has 1 aliphatic rings. The Balaban J connectivity index is 1.60. The van der Waals surface area contributed by atoms with Gasteiger partial charge in [-0.05, 0) is 25.1 Å². The highest BCUT2D eigenvalue weighted by atomic mass is 32.2. The zero-order valence-corrected chi connectivity index (χ0v) is 16.2. The number of aryl methyl sites for hydroxylation is 1.